The molecule has 0 aromatic carbocycles. The summed E-state index contributed by atoms with van der Waals surface area (Å²) in [4.78, 5) is 0. The van der Waals surface area contributed by atoms with Gasteiger partial charge in [-0.1, -0.05) is 37.6 Å². The summed E-state index contributed by atoms with van der Waals surface area (Å²) in [5, 5.41) is 0. The van der Waals surface area contributed by atoms with Crippen molar-refractivity contribution in [2.45, 2.75) is 40.5 Å². The van der Waals surface area contributed by atoms with Gasteiger partial charge in [-0.05, 0) is 43.8 Å². The van der Waals surface area contributed by atoms with E-state index in [1.165, 1.54) is 29.6 Å². The molecule has 0 fully saturated rings. The van der Waals surface area contributed by atoms with Gasteiger partial charge in [0.2, 0.25) is 0 Å². The molecular weight excluding hydrogens is 156 g/mol. The van der Waals surface area contributed by atoms with Crippen molar-refractivity contribution in [3.63, 3.8) is 0 Å². The smallest absolute Gasteiger partial charge is 0.0167 e. The molecule has 0 radical (unpaired) electrons. The molecule has 1 aliphatic carbocycles. The zero-order chi connectivity index (χ0) is 9.84. The van der Waals surface area contributed by atoms with E-state index < -0.39 is 0 Å². The van der Waals surface area contributed by atoms with Gasteiger partial charge in [-0.2, -0.15) is 0 Å². The molecule has 0 aliphatic heterocycles. The standard InChI is InChI=1S/C13H20/c1-5-11(6-2)13-8-7-12(9-13)10(3)4/h7-9,11H,5-6H2,1-4H3. The molecule has 0 heterocycles. The minimum absolute atomic E-state index is 0.757. The molecular formula is C13H20. The average molecular weight is 176 g/mol. The predicted molar refractivity (Wildman–Crippen MR) is 59.7 cm³/mol. The van der Waals surface area contributed by atoms with Crippen LogP contribution in [0.5, 0.6) is 0 Å². The van der Waals surface area contributed by atoms with Crippen molar-refractivity contribution in [1.82, 2.24) is 0 Å². The van der Waals surface area contributed by atoms with Crippen molar-refractivity contribution in [2.24, 2.45) is 5.92 Å². The quantitative estimate of drug-likeness (QED) is 0.603. The highest BCUT2D eigenvalue weighted by atomic mass is 14.2. The molecule has 0 bridgehead atoms. The molecule has 0 unspecified atom stereocenters. The first-order valence-electron chi connectivity index (χ1n) is 5.26. The molecule has 0 nitrogen and oxygen atoms in total. The highest BCUT2D eigenvalue weighted by molar-refractivity contribution is 5.48. The lowest BCUT2D eigenvalue weighted by Crippen LogP contribution is -1.97. The van der Waals surface area contributed by atoms with Crippen molar-refractivity contribution in [3.8, 4) is 0 Å². The summed E-state index contributed by atoms with van der Waals surface area (Å²) in [7, 11) is 0. The van der Waals surface area contributed by atoms with Crippen molar-refractivity contribution in [3.05, 3.63) is 34.9 Å². The maximum absolute atomic E-state index is 2.34. The largest absolute Gasteiger partial charge is 0.0692 e. The Hall–Kier alpha value is -0.780. The van der Waals surface area contributed by atoms with Gasteiger partial charge in [0.1, 0.15) is 0 Å². The maximum atomic E-state index is 2.34. The first-order valence-corrected chi connectivity index (χ1v) is 5.26. The van der Waals surface area contributed by atoms with Crippen LogP contribution in [0.1, 0.15) is 40.5 Å². The second-order valence-corrected chi connectivity index (χ2v) is 3.95. The Bertz CT molecular complexity index is 256. The normalized spacial score (nSPS) is 15.5. The van der Waals surface area contributed by atoms with Crippen LogP contribution in [0.3, 0.4) is 0 Å². The Kier molecular flexibility index (Phi) is 3.53. The molecule has 72 valence electrons. The van der Waals surface area contributed by atoms with Gasteiger partial charge < -0.3 is 0 Å². The Morgan fingerprint density at radius 2 is 1.77 bits per heavy atom. The molecule has 0 N–H and O–H groups in total. The van der Waals surface area contributed by atoms with E-state index in [0.29, 0.717) is 0 Å². The zero-order valence-corrected chi connectivity index (χ0v) is 9.22. The number of rotatable bonds is 3. The fourth-order valence-corrected chi connectivity index (χ4v) is 1.79. The lowest BCUT2D eigenvalue weighted by Gasteiger charge is -2.11. The van der Waals surface area contributed by atoms with Gasteiger partial charge in [0.05, 0.1) is 0 Å². The Labute approximate surface area is 82.0 Å². The molecule has 0 saturated heterocycles. The molecule has 0 aromatic rings. The zero-order valence-electron chi connectivity index (χ0n) is 9.22. The van der Waals surface area contributed by atoms with Gasteiger partial charge in [-0.15, -0.1) is 0 Å². The SMILES string of the molecule is CCC(CC)C1=CC(=C(C)C)C=C1. The summed E-state index contributed by atoms with van der Waals surface area (Å²) >= 11 is 0. The van der Waals surface area contributed by atoms with E-state index in [2.05, 4.69) is 45.9 Å². The first-order chi connectivity index (χ1) is 6.19. The van der Waals surface area contributed by atoms with Crippen molar-refractivity contribution in [2.75, 3.05) is 0 Å². The van der Waals surface area contributed by atoms with Gasteiger partial charge in [0, 0.05) is 0 Å². The molecule has 0 heteroatoms. The fraction of sp³-hybridized carbons (Fsp3) is 0.538. The van der Waals surface area contributed by atoms with Gasteiger partial charge in [-0.25, -0.2) is 0 Å². The molecule has 13 heavy (non-hydrogen) atoms. The van der Waals surface area contributed by atoms with Crippen LogP contribution in [0.25, 0.3) is 0 Å². The van der Waals surface area contributed by atoms with Crippen molar-refractivity contribution in [1.29, 1.82) is 0 Å². The first kappa shape index (κ1) is 10.3. The van der Waals surface area contributed by atoms with Crippen molar-refractivity contribution < 1.29 is 0 Å². The van der Waals surface area contributed by atoms with Crippen LogP contribution in [0.15, 0.2) is 34.9 Å². The van der Waals surface area contributed by atoms with Gasteiger partial charge in [0.25, 0.3) is 0 Å². The number of hydrogen-bond acceptors (Lipinski definition) is 0. The van der Waals surface area contributed by atoms with Crippen LogP contribution in [-0.4, -0.2) is 0 Å². The van der Waals surface area contributed by atoms with Crippen LogP contribution in [0.2, 0.25) is 0 Å². The molecule has 0 spiro atoms. The third-order valence-corrected chi connectivity index (χ3v) is 2.81. The monoisotopic (exact) mass is 176 g/mol. The summed E-state index contributed by atoms with van der Waals surface area (Å²) in [6, 6.07) is 0. The van der Waals surface area contributed by atoms with E-state index in [1.54, 1.807) is 0 Å². The molecule has 0 amide bonds. The van der Waals surface area contributed by atoms with E-state index in [9.17, 15) is 0 Å². The Balaban J connectivity index is 2.82. The van der Waals surface area contributed by atoms with Crippen LogP contribution in [0, 0.1) is 5.92 Å². The van der Waals surface area contributed by atoms with Gasteiger partial charge >= 0.3 is 0 Å². The summed E-state index contributed by atoms with van der Waals surface area (Å²) < 4.78 is 0. The minimum Gasteiger partial charge on any atom is -0.0692 e. The Morgan fingerprint density at radius 1 is 1.15 bits per heavy atom. The van der Waals surface area contributed by atoms with E-state index in [-0.39, 0.29) is 0 Å². The average Bonchev–Trinajstić information content (AvgIpc) is 2.56. The van der Waals surface area contributed by atoms with Gasteiger partial charge in [0.15, 0.2) is 0 Å². The molecule has 0 atom stereocenters. The highest BCUT2D eigenvalue weighted by Crippen LogP contribution is 2.27. The lowest BCUT2D eigenvalue weighted by atomic mass is 9.94. The highest BCUT2D eigenvalue weighted by Gasteiger charge is 2.11. The predicted octanol–water partition coefficient (Wildman–Crippen LogP) is 4.26. The van der Waals surface area contributed by atoms with E-state index in [4.69, 9.17) is 0 Å². The summed E-state index contributed by atoms with van der Waals surface area (Å²) in [6.07, 6.45) is 9.36. The fourth-order valence-electron chi connectivity index (χ4n) is 1.79. The molecule has 1 aliphatic rings. The van der Waals surface area contributed by atoms with Gasteiger partial charge in [-0.3, -0.25) is 0 Å². The Morgan fingerprint density at radius 3 is 2.15 bits per heavy atom. The molecule has 1 rings (SSSR count). The summed E-state index contributed by atoms with van der Waals surface area (Å²) in [6.45, 7) is 8.88. The third kappa shape index (κ3) is 2.33. The van der Waals surface area contributed by atoms with Crippen LogP contribution < -0.4 is 0 Å². The van der Waals surface area contributed by atoms with E-state index >= 15 is 0 Å². The molecule has 0 aromatic heterocycles. The van der Waals surface area contributed by atoms with E-state index in [1.807, 2.05) is 0 Å². The summed E-state index contributed by atoms with van der Waals surface area (Å²) in [5.74, 6) is 0.757. The summed E-state index contributed by atoms with van der Waals surface area (Å²) in [5.41, 5.74) is 4.33. The van der Waals surface area contributed by atoms with Crippen LogP contribution >= 0.6 is 0 Å². The van der Waals surface area contributed by atoms with Crippen LogP contribution in [0.4, 0.5) is 0 Å². The second-order valence-electron chi connectivity index (χ2n) is 3.95. The number of hydrogen-bond donors (Lipinski definition) is 0. The topological polar surface area (TPSA) is 0 Å². The van der Waals surface area contributed by atoms with Crippen LogP contribution in [-0.2, 0) is 0 Å². The maximum Gasteiger partial charge on any atom is -0.0167 e. The number of allylic oxidation sites excluding steroid dienone is 6. The minimum atomic E-state index is 0.757. The van der Waals surface area contributed by atoms with Crippen molar-refractivity contribution >= 4 is 0 Å². The molecule has 0 saturated carbocycles. The third-order valence-electron chi connectivity index (χ3n) is 2.81. The lowest BCUT2D eigenvalue weighted by molar-refractivity contribution is 0.584. The second kappa shape index (κ2) is 4.45. The van der Waals surface area contributed by atoms with E-state index in [0.717, 1.165) is 5.92 Å².